The molecule has 1 aromatic rings. The van der Waals surface area contributed by atoms with Crippen molar-refractivity contribution in [2.24, 2.45) is 35.0 Å². The first-order valence-electron chi connectivity index (χ1n) is 12.3. The summed E-state index contributed by atoms with van der Waals surface area (Å²) < 4.78 is 5.42. The summed E-state index contributed by atoms with van der Waals surface area (Å²) in [5, 5.41) is 20.0. The Kier molecular flexibility index (Phi) is 11.3. The molecule has 3 fully saturated rings. The third-order valence-electron chi connectivity index (χ3n) is 6.92. The second kappa shape index (κ2) is 13.7. The molecular weight excluding hydrogens is 457 g/mol. The van der Waals surface area contributed by atoms with Crippen LogP contribution in [0.15, 0.2) is 42.2 Å². The predicted molar refractivity (Wildman–Crippen MR) is 144 cm³/mol. The second-order valence-electron chi connectivity index (χ2n) is 9.77. The van der Waals surface area contributed by atoms with E-state index in [2.05, 4.69) is 10.2 Å². The predicted octanol–water partition coefficient (Wildman–Crippen LogP) is 1.27. The lowest BCUT2D eigenvalue weighted by Gasteiger charge is -2.27. The number of rotatable bonds is 6. The molecule has 0 spiro atoms. The van der Waals surface area contributed by atoms with Crippen molar-refractivity contribution in [2.45, 2.75) is 45.2 Å². The molecule has 1 amide bonds. The van der Waals surface area contributed by atoms with Crippen molar-refractivity contribution in [3.63, 3.8) is 0 Å². The maximum absolute atomic E-state index is 11.2. The highest BCUT2D eigenvalue weighted by Gasteiger charge is 2.36. The minimum Gasteiger partial charge on any atom is -0.398 e. The van der Waals surface area contributed by atoms with Gasteiger partial charge in [0.15, 0.2) is 13.5 Å². The molecule has 9 N–H and O–H groups in total. The van der Waals surface area contributed by atoms with Crippen LogP contribution in [0.25, 0.3) is 5.70 Å². The Bertz CT molecular complexity index is 879. The molecular formula is C26H42BN5O4. The quantitative estimate of drug-likeness (QED) is 0.194. The number of fused-ring (bicyclic) bond motifs is 1. The van der Waals surface area contributed by atoms with Crippen molar-refractivity contribution < 1.29 is 19.7 Å². The average molecular weight is 499 g/mol. The molecule has 10 heteroatoms. The van der Waals surface area contributed by atoms with Crippen LogP contribution in [0.2, 0.25) is 0 Å². The monoisotopic (exact) mass is 499 g/mol. The van der Waals surface area contributed by atoms with Crippen LogP contribution in [-0.2, 0) is 9.53 Å². The number of ether oxygens (including phenoxy) is 1. The van der Waals surface area contributed by atoms with E-state index in [0.717, 1.165) is 31.0 Å². The first-order chi connectivity index (χ1) is 16.6. The number of hydrogen-bond acceptors (Lipinski definition) is 8. The van der Waals surface area contributed by atoms with Crippen LogP contribution in [0, 0.1) is 17.8 Å². The Morgan fingerprint density at radius 2 is 1.64 bits per heavy atom. The van der Waals surface area contributed by atoms with Gasteiger partial charge in [0.25, 0.3) is 5.91 Å². The van der Waals surface area contributed by atoms with Gasteiger partial charge < -0.3 is 42.4 Å². The number of aliphatic hydroxyl groups is 2. The Balaban J connectivity index is 0.000000254. The Labute approximate surface area is 216 Å². The number of benzene rings is 1. The van der Waals surface area contributed by atoms with Gasteiger partial charge in [0, 0.05) is 44.2 Å². The first-order valence-corrected chi connectivity index (χ1v) is 12.3. The number of anilines is 1. The summed E-state index contributed by atoms with van der Waals surface area (Å²) in [5.74, 6) is 2.03. The van der Waals surface area contributed by atoms with Crippen molar-refractivity contribution in [3.8, 4) is 0 Å². The molecule has 0 bridgehead atoms. The van der Waals surface area contributed by atoms with Crippen LogP contribution in [0.1, 0.15) is 45.1 Å². The van der Waals surface area contributed by atoms with E-state index in [0.29, 0.717) is 16.9 Å². The van der Waals surface area contributed by atoms with Gasteiger partial charge in [-0.1, -0.05) is 26.0 Å². The molecule has 2 atom stereocenters. The molecule has 1 aromatic carbocycles. The summed E-state index contributed by atoms with van der Waals surface area (Å²) in [6.07, 6.45) is 10.1. The number of allylic oxidation sites excluding steroid dienone is 2. The molecule has 1 saturated carbocycles. The maximum Gasteiger partial charge on any atom is 0.272 e. The van der Waals surface area contributed by atoms with Gasteiger partial charge in [0.05, 0.1) is 5.82 Å². The van der Waals surface area contributed by atoms with E-state index in [9.17, 15) is 4.79 Å². The number of nitrogens with two attached hydrogens (primary N) is 3. The number of hydrogen-bond donors (Lipinski definition) is 6. The minimum absolute atomic E-state index is 0. The molecule has 36 heavy (non-hydrogen) atoms. The highest BCUT2D eigenvalue weighted by atomic mass is 16.5. The van der Waals surface area contributed by atoms with Crippen LogP contribution in [0.5, 0.6) is 0 Å². The molecule has 2 aliphatic heterocycles. The summed E-state index contributed by atoms with van der Waals surface area (Å²) in [6, 6.07) is 6.29. The molecule has 3 aliphatic rings. The number of amides is 1. The molecule has 1 aliphatic carbocycles. The minimum atomic E-state index is -2.93. The Hall–Kier alpha value is -2.53. The normalized spacial score (nSPS) is 22.6. The molecule has 9 nitrogen and oxygen atoms in total. The maximum atomic E-state index is 11.2. The Morgan fingerprint density at radius 1 is 1.06 bits per heavy atom. The standard InChI is InChI=1S/C13H23NO.C12H15BN4O3.CH4/c1-2-12-9-14(10-13(12)3-1)8-11-4-6-15-7-5-11;13-12(19,20)11(18)17-8-3-1-7(2-4-8)9(14)5-6-10(15)16;/h11-13H,1-10H2;1-6,19-20H,14-16H2,(H,17,18);1H4/b;9-5-;. The average Bonchev–Trinajstić information content (AvgIpc) is 3.40. The molecule has 4 rings (SSSR count). The van der Waals surface area contributed by atoms with E-state index in [1.165, 1.54) is 76.0 Å². The van der Waals surface area contributed by atoms with E-state index in [-0.39, 0.29) is 13.2 Å². The second-order valence-corrected chi connectivity index (χ2v) is 9.77. The lowest BCUT2D eigenvalue weighted by molar-refractivity contribution is -0.151. The highest BCUT2D eigenvalue weighted by molar-refractivity contribution is 6.27. The van der Waals surface area contributed by atoms with Crippen LogP contribution in [-0.4, -0.2) is 67.4 Å². The largest absolute Gasteiger partial charge is 0.398 e. The van der Waals surface area contributed by atoms with Crippen LogP contribution >= 0.6 is 0 Å². The van der Waals surface area contributed by atoms with Gasteiger partial charge in [-0.25, -0.2) is 0 Å². The molecule has 2 radical (unpaired) electrons. The topological polar surface area (TPSA) is 160 Å². The van der Waals surface area contributed by atoms with Gasteiger partial charge in [0.2, 0.25) is 0 Å². The summed E-state index contributed by atoms with van der Waals surface area (Å²) >= 11 is 0. The fraction of sp³-hybridized carbons (Fsp3) is 0.577. The van der Waals surface area contributed by atoms with Gasteiger partial charge in [0.1, 0.15) is 0 Å². The number of carbonyl (C=O) groups is 1. The zero-order valence-electron chi connectivity index (χ0n) is 20.2. The summed E-state index contributed by atoms with van der Waals surface area (Å²) in [6.45, 7) is 6.18. The molecule has 2 saturated heterocycles. The van der Waals surface area contributed by atoms with Gasteiger partial charge in [-0.05, 0) is 73.3 Å². The third-order valence-corrected chi connectivity index (χ3v) is 6.92. The van der Waals surface area contributed by atoms with Crippen molar-refractivity contribution in [1.29, 1.82) is 0 Å². The number of carbonyl (C=O) groups excluding carboxylic acids is 1. The van der Waals surface area contributed by atoms with Gasteiger partial charge in [-0.15, -0.1) is 0 Å². The lowest BCUT2D eigenvalue weighted by atomic mass is 9.94. The number of nitrogens with zero attached hydrogens (tertiary/aromatic N) is 1. The lowest BCUT2D eigenvalue weighted by Crippen LogP contribution is -2.43. The van der Waals surface area contributed by atoms with E-state index in [4.69, 9.17) is 40.0 Å². The van der Waals surface area contributed by atoms with Crippen LogP contribution in [0.3, 0.4) is 0 Å². The number of nitrogens with one attached hydrogen (secondary N) is 1. The molecule has 2 heterocycles. The number of likely N-dealkylation sites (tertiary alicyclic amines) is 1. The van der Waals surface area contributed by atoms with Gasteiger partial charge in [-0.2, -0.15) is 0 Å². The van der Waals surface area contributed by atoms with Gasteiger partial charge in [-0.3, -0.25) is 4.79 Å². The molecule has 2 unspecified atom stereocenters. The Morgan fingerprint density at radius 3 is 2.17 bits per heavy atom. The van der Waals surface area contributed by atoms with E-state index >= 15 is 0 Å². The zero-order chi connectivity index (χ0) is 25.4. The van der Waals surface area contributed by atoms with Crippen LogP contribution in [0.4, 0.5) is 5.69 Å². The molecule has 0 aromatic heterocycles. The van der Waals surface area contributed by atoms with Crippen molar-refractivity contribution in [2.75, 3.05) is 38.2 Å². The van der Waals surface area contributed by atoms with E-state index in [1.54, 1.807) is 12.1 Å². The van der Waals surface area contributed by atoms with Crippen LogP contribution < -0.4 is 22.5 Å². The fourth-order valence-corrected chi connectivity index (χ4v) is 5.03. The fourth-order valence-electron chi connectivity index (χ4n) is 5.03. The highest BCUT2D eigenvalue weighted by Crippen LogP contribution is 2.38. The van der Waals surface area contributed by atoms with Crippen molar-refractivity contribution in [1.82, 2.24) is 4.90 Å². The molecule has 198 valence electrons. The van der Waals surface area contributed by atoms with E-state index < -0.39 is 11.6 Å². The smallest absolute Gasteiger partial charge is 0.272 e. The van der Waals surface area contributed by atoms with Crippen molar-refractivity contribution in [3.05, 3.63) is 47.8 Å². The summed E-state index contributed by atoms with van der Waals surface area (Å²) in [4.78, 5) is 14.0. The first kappa shape index (κ1) is 29.7. The SMILES string of the molecule is C.C1CC2CN(CC3CCOCC3)CC2C1.[B]C(O)(O)C(=O)Nc1ccc(/C(N)=C/C=C(N)N)cc1. The van der Waals surface area contributed by atoms with Crippen molar-refractivity contribution >= 4 is 25.1 Å². The third kappa shape index (κ3) is 9.17. The summed E-state index contributed by atoms with van der Waals surface area (Å²) in [7, 11) is 4.81. The van der Waals surface area contributed by atoms with E-state index in [1.807, 2.05) is 0 Å². The summed E-state index contributed by atoms with van der Waals surface area (Å²) in [5.41, 5.74) is 14.8. The zero-order valence-corrected chi connectivity index (χ0v) is 20.2. The van der Waals surface area contributed by atoms with Gasteiger partial charge >= 0.3 is 0 Å².